The van der Waals surface area contributed by atoms with E-state index in [4.69, 9.17) is 21.3 Å². The van der Waals surface area contributed by atoms with Gasteiger partial charge >= 0.3 is 0 Å². The summed E-state index contributed by atoms with van der Waals surface area (Å²) in [6.07, 6.45) is 4.94. The fourth-order valence-corrected chi connectivity index (χ4v) is 2.01. The molecule has 1 aromatic carbocycles. The van der Waals surface area contributed by atoms with Gasteiger partial charge in [-0.15, -0.1) is 0 Å². The minimum absolute atomic E-state index is 0.482. The molecule has 92 valence electrons. The molecule has 0 radical (unpaired) electrons. The summed E-state index contributed by atoms with van der Waals surface area (Å²) in [6.45, 7) is 0. The number of nitrogens with one attached hydrogen (secondary N) is 1. The quantitative estimate of drug-likeness (QED) is 0.761. The van der Waals surface area contributed by atoms with Crippen LogP contribution < -0.4 is 5.32 Å². The number of nitrogens with zero attached hydrogens (tertiary/aromatic N) is 2. The topological polar surface area (TPSA) is 61.9 Å². The zero-order chi connectivity index (χ0) is 13.2. The van der Waals surface area contributed by atoms with Gasteiger partial charge in [0.2, 0.25) is 0 Å². The third kappa shape index (κ3) is 2.12. The lowest BCUT2D eigenvalue weighted by atomic mass is 10.2. The standard InChI is InChI=1S/C14H8ClN3O/c15-10-1-2-12(9(5-10)6-16)18-13-8-19-14-7-17-4-3-11(13)14/h1-5,7-8,18H. The van der Waals surface area contributed by atoms with E-state index in [-0.39, 0.29) is 0 Å². The van der Waals surface area contributed by atoms with Gasteiger partial charge < -0.3 is 9.73 Å². The van der Waals surface area contributed by atoms with E-state index < -0.39 is 0 Å². The number of nitriles is 1. The number of hydrogen-bond acceptors (Lipinski definition) is 4. The van der Waals surface area contributed by atoms with Gasteiger partial charge in [0.25, 0.3) is 0 Å². The van der Waals surface area contributed by atoms with Crippen molar-refractivity contribution < 1.29 is 4.42 Å². The van der Waals surface area contributed by atoms with Gasteiger partial charge in [0, 0.05) is 16.6 Å². The Hall–Kier alpha value is -2.51. The summed E-state index contributed by atoms with van der Waals surface area (Å²) < 4.78 is 5.38. The average molecular weight is 270 g/mol. The van der Waals surface area contributed by atoms with Crippen molar-refractivity contribution in [3.8, 4) is 6.07 Å². The van der Waals surface area contributed by atoms with Crippen LogP contribution in [0, 0.1) is 11.3 Å². The van der Waals surface area contributed by atoms with E-state index in [0.29, 0.717) is 21.9 Å². The Kier molecular flexibility index (Phi) is 2.82. The molecule has 2 heterocycles. The van der Waals surface area contributed by atoms with Gasteiger partial charge in [-0.25, -0.2) is 0 Å². The number of aromatic nitrogens is 1. The first kappa shape index (κ1) is 11.6. The van der Waals surface area contributed by atoms with E-state index in [2.05, 4.69) is 16.4 Å². The largest absolute Gasteiger partial charge is 0.460 e. The zero-order valence-electron chi connectivity index (χ0n) is 9.72. The highest BCUT2D eigenvalue weighted by molar-refractivity contribution is 6.30. The van der Waals surface area contributed by atoms with Gasteiger partial charge in [-0.05, 0) is 24.3 Å². The van der Waals surface area contributed by atoms with Gasteiger partial charge in [-0.1, -0.05) is 11.6 Å². The Morgan fingerprint density at radius 2 is 2.16 bits per heavy atom. The van der Waals surface area contributed by atoms with E-state index in [0.717, 1.165) is 11.1 Å². The summed E-state index contributed by atoms with van der Waals surface area (Å²) in [5, 5.41) is 13.7. The molecule has 19 heavy (non-hydrogen) atoms. The van der Waals surface area contributed by atoms with Crippen LogP contribution in [0.3, 0.4) is 0 Å². The summed E-state index contributed by atoms with van der Waals surface area (Å²) >= 11 is 5.87. The lowest BCUT2D eigenvalue weighted by molar-refractivity contribution is 0.615. The van der Waals surface area contributed by atoms with Crippen LogP contribution in [-0.4, -0.2) is 4.98 Å². The fraction of sp³-hybridized carbons (Fsp3) is 0. The summed E-state index contributed by atoms with van der Waals surface area (Å²) in [5.41, 5.74) is 2.65. The Labute approximate surface area is 114 Å². The molecule has 0 atom stereocenters. The fourth-order valence-electron chi connectivity index (χ4n) is 1.84. The van der Waals surface area contributed by atoms with Crippen LogP contribution in [0.2, 0.25) is 5.02 Å². The molecular formula is C14H8ClN3O. The first-order valence-electron chi connectivity index (χ1n) is 5.56. The molecule has 0 amide bonds. The number of pyridine rings is 1. The maximum absolute atomic E-state index is 9.10. The third-order valence-electron chi connectivity index (χ3n) is 2.75. The minimum atomic E-state index is 0.482. The Morgan fingerprint density at radius 3 is 3.00 bits per heavy atom. The molecule has 1 N–H and O–H groups in total. The summed E-state index contributed by atoms with van der Waals surface area (Å²) in [7, 11) is 0. The van der Waals surface area contributed by atoms with E-state index in [9.17, 15) is 0 Å². The van der Waals surface area contributed by atoms with Crippen molar-refractivity contribution in [3.63, 3.8) is 0 Å². The second kappa shape index (κ2) is 4.63. The lowest BCUT2D eigenvalue weighted by Crippen LogP contribution is -1.92. The van der Waals surface area contributed by atoms with Crippen molar-refractivity contribution in [2.75, 3.05) is 5.32 Å². The number of hydrogen-bond donors (Lipinski definition) is 1. The van der Waals surface area contributed by atoms with Crippen molar-refractivity contribution >= 4 is 33.9 Å². The molecule has 0 unspecified atom stereocenters. The van der Waals surface area contributed by atoms with Gasteiger partial charge in [0.05, 0.1) is 23.1 Å². The van der Waals surface area contributed by atoms with Crippen molar-refractivity contribution in [1.29, 1.82) is 5.26 Å². The number of benzene rings is 1. The zero-order valence-corrected chi connectivity index (χ0v) is 10.5. The van der Waals surface area contributed by atoms with Crippen LogP contribution in [0.15, 0.2) is 47.3 Å². The molecule has 2 aromatic heterocycles. The van der Waals surface area contributed by atoms with Crippen LogP contribution in [0.4, 0.5) is 11.4 Å². The van der Waals surface area contributed by atoms with Gasteiger partial charge in [-0.3, -0.25) is 4.98 Å². The first-order valence-corrected chi connectivity index (χ1v) is 5.93. The van der Waals surface area contributed by atoms with Gasteiger partial charge in [0.15, 0.2) is 5.58 Å². The van der Waals surface area contributed by atoms with Crippen LogP contribution in [0.5, 0.6) is 0 Å². The van der Waals surface area contributed by atoms with E-state index >= 15 is 0 Å². The molecule has 3 aromatic rings. The number of halogens is 1. The molecular weight excluding hydrogens is 262 g/mol. The van der Waals surface area contributed by atoms with Gasteiger partial charge in [0.1, 0.15) is 12.3 Å². The number of furan rings is 1. The van der Waals surface area contributed by atoms with Crippen LogP contribution in [0.25, 0.3) is 11.0 Å². The highest BCUT2D eigenvalue weighted by atomic mass is 35.5. The second-order valence-corrected chi connectivity index (χ2v) is 4.38. The van der Waals surface area contributed by atoms with Crippen LogP contribution in [-0.2, 0) is 0 Å². The first-order chi connectivity index (χ1) is 9.28. The summed E-state index contributed by atoms with van der Waals surface area (Å²) in [5.74, 6) is 0. The Morgan fingerprint density at radius 1 is 1.26 bits per heavy atom. The smallest absolute Gasteiger partial charge is 0.154 e. The molecule has 0 fully saturated rings. The van der Waals surface area contributed by atoms with E-state index in [1.165, 1.54) is 0 Å². The predicted molar refractivity (Wildman–Crippen MR) is 73.5 cm³/mol. The molecule has 0 bridgehead atoms. The average Bonchev–Trinajstić information content (AvgIpc) is 2.84. The van der Waals surface area contributed by atoms with Crippen LogP contribution in [0.1, 0.15) is 5.56 Å². The Bertz CT molecular complexity index is 789. The Balaban J connectivity index is 2.04. The molecule has 5 heteroatoms. The maximum atomic E-state index is 9.10. The van der Waals surface area contributed by atoms with Crippen molar-refractivity contribution in [3.05, 3.63) is 53.5 Å². The molecule has 0 aliphatic carbocycles. The molecule has 0 aliphatic rings. The lowest BCUT2D eigenvalue weighted by Gasteiger charge is -2.06. The van der Waals surface area contributed by atoms with Crippen LogP contribution >= 0.6 is 11.6 Å². The van der Waals surface area contributed by atoms with Gasteiger partial charge in [-0.2, -0.15) is 5.26 Å². The normalized spacial score (nSPS) is 10.3. The van der Waals surface area contributed by atoms with Crippen molar-refractivity contribution in [2.24, 2.45) is 0 Å². The molecule has 4 nitrogen and oxygen atoms in total. The molecule has 3 rings (SSSR count). The molecule has 0 saturated heterocycles. The monoisotopic (exact) mass is 269 g/mol. The summed E-state index contributed by atoms with van der Waals surface area (Å²) in [4.78, 5) is 3.99. The highest BCUT2D eigenvalue weighted by Gasteiger charge is 2.08. The number of fused-ring (bicyclic) bond motifs is 1. The van der Waals surface area contributed by atoms with E-state index in [1.54, 1.807) is 36.9 Å². The summed E-state index contributed by atoms with van der Waals surface area (Å²) in [6, 6.07) is 9.07. The van der Waals surface area contributed by atoms with Crippen molar-refractivity contribution in [2.45, 2.75) is 0 Å². The number of anilines is 2. The second-order valence-electron chi connectivity index (χ2n) is 3.95. The number of rotatable bonds is 2. The van der Waals surface area contributed by atoms with Crippen molar-refractivity contribution in [1.82, 2.24) is 4.98 Å². The predicted octanol–water partition coefficient (Wildman–Crippen LogP) is 4.10. The highest BCUT2D eigenvalue weighted by Crippen LogP contribution is 2.29. The third-order valence-corrected chi connectivity index (χ3v) is 2.98. The molecule has 0 saturated carbocycles. The van der Waals surface area contributed by atoms with E-state index in [1.807, 2.05) is 6.07 Å². The molecule has 0 aliphatic heterocycles. The maximum Gasteiger partial charge on any atom is 0.154 e. The molecule has 0 spiro atoms. The minimum Gasteiger partial charge on any atom is -0.460 e. The SMILES string of the molecule is N#Cc1cc(Cl)ccc1Nc1coc2cnccc12.